The third kappa shape index (κ3) is 4.56. The lowest BCUT2D eigenvalue weighted by atomic mass is 9.88. The molecule has 0 bridgehead atoms. The Morgan fingerprint density at radius 1 is 1.09 bits per heavy atom. The summed E-state index contributed by atoms with van der Waals surface area (Å²) in [7, 11) is 0. The van der Waals surface area contributed by atoms with E-state index in [9.17, 15) is 10.0 Å². The molecule has 0 aliphatic heterocycles. The van der Waals surface area contributed by atoms with Crippen molar-refractivity contribution in [2.45, 2.75) is 20.8 Å². The Morgan fingerprint density at radius 2 is 1.79 bits per heavy atom. The number of carbonyl (C=O) groups excluding carboxylic acids is 1. The Kier molecular flexibility index (Phi) is 6.36. The van der Waals surface area contributed by atoms with Crippen molar-refractivity contribution in [3.63, 3.8) is 0 Å². The molecule has 5 nitrogen and oxygen atoms in total. The van der Waals surface area contributed by atoms with E-state index in [0.29, 0.717) is 32.3 Å². The highest BCUT2D eigenvalue weighted by Gasteiger charge is 2.31. The van der Waals surface area contributed by atoms with Crippen LogP contribution in [0.4, 0.5) is 0 Å². The number of ketones is 1. The minimum absolute atomic E-state index is 0.0870. The maximum absolute atomic E-state index is 13.1. The van der Waals surface area contributed by atoms with E-state index < -0.39 is 5.41 Å². The molecule has 0 saturated heterocycles. The van der Waals surface area contributed by atoms with E-state index in [4.69, 9.17) is 32.6 Å². The molecule has 0 amide bonds. The van der Waals surface area contributed by atoms with Gasteiger partial charge in [0.1, 0.15) is 0 Å². The van der Waals surface area contributed by atoms with Gasteiger partial charge in [0.05, 0.1) is 27.9 Å². The van der Waals surface area contributed by atoms with Crippen LogP contribution < -0.4 is 0 Å². The van der Waals surface area contributed by atoms with E-state index in [1.54, 1.807) is 39.0 Å². The number of oxime groups is 1. The summed E-state index contributed by atoms with van der Waals surface area (Å²) in [6.45, 7) is 5.38. The fourth-order valence-electron chi connectivity index (χ4n) is 3.47. The first kappa shape index (κ1) is 23.5. The van der Waals surface area contributed by atoms with Gasteiger partial charge in [-0.05, 0) is 35.9 Å². The number of Topliss-reactive ketones (excluding diaryl/α,β-unsaturated/α-hetero) is 1. The Balaban J connectivity index is 2.08. The van der Waals surface area contributed by atoms with Gasteiger partial charge < -0.3 is 9.62 Å². The van der Waals surface area contributed by atoms with Gasteiger partial charge in [0.2, 0.25) is 11.5 Å². The summed E-state index contributed by atoms with van der Waals surface area (Å²) in [4.78, 5) is 17.8. The number of hydrogen-bond acceptors (Lipinski definition) is 5. The molecule has 4 rings (SSSR count). The minimum atomic E-state index is -0.706. The Hall–Kier alpha value is -2.67. The number of carbonyl (C=O) groups is 1. The SMILES string of the molecule is CC(C)(C)C(=O)c1oc2nc(-c3ccc(Br)cc3Cl)c(-c3ccc(Cl)cc3)cc2c1/C=N/O. The first-order chi connectivity index (χ1) is 15.6. The van der Waals surface area contributed by atoms with Crippen LogP contribution in [0.1, 0.15) is 36.9 Å². The van der Waals surface area contributed by atoms with E-state index >= 15 is 0 Å². The molecule has 2 heterocycles. The molecule has 0 aliphatic rings. The van der Waals surface area contributed by atoms with Crippen LogP contribution in [0, 0.1) is 5.41 Å². The van der Waals surface area contributed by atoms with Crippen molar-refractivity contribution in [3.8, 4) is 22.4 Å². The first-order valence-electron chi connectivity index (χ1n) is 10.0. The molecule has 0 radical (unpaired) electrons. The van der Waals surface area contributed by atoms with Crippen molar-refractivity contribution >= 4 is 62.2 Å². The fraction of sp³-hybridized carbons (Fsp3) is 0.160. The standard InChI is InChI=1S/C25H19BrCl2N2O3/c1-25(2,3)23(31)22-19(12-29-32)18-11-17(13-4-7-15(27)8-5-13)21(30-24(18)33-22)16-9-6-14(26)10-20(16)28/h4-12,32H,1-3H3/b29-12+. The molecule has 0 atom stereocenters. The molecule has 0 saturated carbocycles. The van der Waals surface area contributed by atoms with Crippen molar-refractivity contribution in [1.29, 1.82) is 0 Å². The van der Waals surface area contributed by atoms with Crippen molar-refractivity contribution in [1.82, 2.24) is 4.98 Å². The van der Waals surface area contributed by atoms with Crippen molar-refractivity contribution in [2.24, 2.45) is 10.6 Å². The zero-order chi connectivity index (χ0) is 23.9. The third-order valence-corrected chi connectivity index (χ3v) is 6.19. The number of nitrogens with zero attached hydrogens (tertiary/aromatic N) is 2. The zero-order valence-corrected chi connectivity index (χ0v) is 21.1. The second kappa shape index (κ2) is 8.93. The van der Waals surface area contributed by atoms with Crippen LogP contribution in [-0.2, 0) is 0 Å². The van der Waals surface area contributed by atoms with E-state index in [1.807, 2.05) is 30.3 Å². The smallest absolute Gasteiger partial charge is 0.228 e. The molecule has 2 aromatic heterocycles. The monoisotopic (exact) mass is 544 g/mol. The second-order valence-corrected chi connectivity index (χ2v) is 10.3. The highest BCUT2D eigenvalue weighted by Crippen LogP contribution is 2.40. The highest BCUT2D eigenvalue weighted by molar-refractivity contribution is 9.10. The molecule has 4 aromatic rings. The van der Waals surface area contributed by atoms with Crippen molar-refractivity contribution < 1.29 is 14.4 Å². The fourth-order valence-corrected chi connectivity index (χ4v) is 4.36. The lowest BCUT2D eigenvalue weighted by molar-refractivity contribution is 0.0830. The normalized spacial score (nSPS) is 12.1. The molecule has 168 valence electrons. The minimum Gasteiger partial charge on any atom is -0.434 e. The second-order valence-electron chi connectivity index (χ2n) is 8.54. The van der Waals surface area contributed by atoms with Gasteiger partial charge in [-0.2, -0.15) is 0 Å². The molecule has 0 spiro atoms. The van der Waals surface area contributed by atoms with Gasteiger partial charge in [0.25, 0.3) is 0 Å². The van der Waals surface area contributed by atoms with E-state index in [0.717, 1.165) is 15.6 Å². The number of benzene rings is 2. The van der Waals surface area contributed by atoms with Crippen LogP contribution >= 0.6 is 39.1 Å². The topological polar surface area (TPSA) is 75.7 Å². The Bertz CT molecular complexity index is 1400. The van der Waals surface area contributed by atoms with E-state index in [2.05, 4.69) is 21.1 Å². The summed E-state index contributed by atoms with van der Waals surface area (Å²) in [5, 5.41) is 14.1. The number of pyridine rings is 1. The summed E-state index contributed by atoms with van der Waals surface area (Å²) in [5.41, 5.74) is 2.78. The predicted molar refractivity (Wildman–Crippen MR) is 136 cm³/mol. The first-order valence-corrected chi connectivity index (χ1v) is 11.6. The summed E-state index contributed by atoms with van der Waals surface area (Å²) < 4.78 is 6.78. The van der Waals surface area contributed by atoms with Crippen LogP contribution in [0.15, 0.2) is 62.6 Å². The summed E-state index contributed by atoms with van der Waals surface area (Å²) in [6, 6.07) is 14.7. The van der Waals surface area contributed by atoms with Gasteiger partial charge in [-0.25, -0.2) is 4.98 Å². The van der Waals surface area contributed by atoms with Crippen molar-refractivity contribution in [3.05, 3.63) is 74.4 Å². The number of fused-ring (bicyclic) bond motifs is 1. The van der Waals surface area contributed by atoms with Gasteiger partial charge >= 0.3 is 0 Å². The highest BCUT2D eigenvalue weighted by atomic mass is 79.9. The van der Waals surface area contributed by atoms with Gasteiger partial charge in [-0.1, -0.05) is 83.3 Å². The summed E-state index contributed by atoms with van der Waals surface area (Å²) in [5.74, 6) is -0.143. The molecule has 0 aliphatic carbocycles. The maximum Gasteiger partial charge on any atom is 0.228 e. The maximum atomic E-state index is 13.1. The molecule has 1 N–H and O–H groups in total. The zero-order valence-electron chi connectivity index (χ0n) is 18.0. The molecule has 2 aromatic carbocycles. The Morgan fingerprint density at radius 3 is 2.39 bits per heavy atom. The van der Waals surface area contributed by atoms with Crippen LogP contribution in [0.3, 0.4) is 0 Å². The third-order valence-electron chi connectivity index (χ3n) is 5.14. The van der Waals surface area contributed by atoms with Gasteiger partial charge in [-0.3, -0.25) is 4.79 Å². The summed E-state index contributed by atoms with van der Waals surface area (Å²) >= 11 is 16.1. The van der Waals surface area contributed by atoms with Crippen molar-refractivity contribution in [2.75, 3.05) is 0 Å². The average Bonchev–Trinajstić information content (AvgIpc) is 3.10. The molecule has 8 heteroatoms. The molecule has 33 heavy (non-hydrogen) atoms. The number of rotatable bonds is 4. The Labute approximate surface area is 209 Å². The lowest BCUT2D eigenvalue weighted by Crippen LogP contribution is -2.20. The molecular weight excluding hydrogens is 527 g/mol. The number of halogens is 3. The van der Waals surface area contributed by atoms with E-state index in [-0.39, 0.29) is 17.3 Å². The van der Waals surface area contributed by atoms with Gasteiger partial charge in [0.15, 0.2) is 5.76 Å². The van der Waals surface area contributed by atoms with Crippen LogP contribution in [0.5, 0.6) is 0 Å². The molecule has 0 unspecified atom stereocenters. The van der Waals surface area contributed by atoms with Crippen LogP contribution in [-0.4, -0.2) is 22.2 Å². The molecule has 0 fully saturated rings. The lowest BCUT2D eigenvalue weighted by Gasteiger charge is -2.14. The predicted octanol–water partition coefficient (Wildman–Crippen LogP) is 8.27. The van der Waals surface area contributed by atoms with Crippen LogP contribution in [0.2, 0.25) is 10.0 Å². The van der Waals surface area contributed by atoms with E-state index in [1.165, 1.54) is 6.21 Å². The molecular formula is C25H19BrCl2N2O3. The average molecular weight is 546 g/mol. The number of furan rings is 1. The number of hydrogen-bond donors (Lipinski definition) is 1. The summed E-state index contributed by atoms with van der Waals surface area (Å²) in [6.07, 6.45) is 1.20. The largest absolute Gasteiger partial charge is 0.434 e. The van der Waals surface area contributed by atoms with Gasteiger partial charge in [0, 0.05) is 26.0 Å². The van der Waals surface area contributed by atoms with Gasteiger partial charge in [-0.15, -0.1) is 0 Å². The number of aromatic nitrogens is 1. The quantitative estimate of drug-likeness (QED) is 0.121. The van der Waals surface area contributed by atoms with Crippen LogP contribution in [0.25, 0.3) is 33.5 Å².